The maximum atomic E-state index is 13.5. The van der Waals surface area contributed by atoms with Crippen LogP contribution in [-0.2, 0) is 4.79 Å². The molecule has 3 atom stereocenters. The zero-order valence-electron chi connectivity index (χ0n) is 18.5. The van der Waals surface area contributed by atoms with Crippen LogP contribution in [0.1, 0.15) is 12.1 Å². The minimum absolute atomic E-state index is 0.134. The molecule has 0 radical (unpaired) electrons. The molecule has 3 aliphatic rings. The molecule has 3 saturated heterocycles. The number of likely N-dealkylation sites (tertiary alicyclic amines) is 1. The van der Waals surface area contributed by atoms with E-state index < -0.39 is 35.0 Å². The normalized spacial score (nSPS) is 22.2. The van der Waals surface area contributed by atoms with Crippen molar-refractivity contribution >= 4 is 40.2 Å². The predicted molar refractivity (Wildman–Crippen MR) is 123 cm³/mol. The maximum Gasteiger partial charge on any atom is 0.415 e. The van der Waals surface area contributed by atoms with E-state index in [1.807, 2.05) is 6.07 Å². The summed E-state index contributed by atoms with van der Waals surface area (Å²) in [4.78, 5) is 58.3. The molecule has 0 aliphatic carbocycles. The van der Waals surface area contributed by atoms with E-state index in [1.165, 1.54) is 40.3 Å². The molecule has 3 aliphatic heterocycles. The minimum atomic E-state index is -0.866. The lowest BCUT2D eigenvalue weighted by atomic mass is 10.1. The molecule has 3 fully saturated rings. The summed E-state index contributed by atoms with van der Waals surface area (Å²) in [7, 11) is 0. The summed E-state index contributed by atoms with van der Waals surface area (Å²) in [6.07, 6.45) is 1.10. The van der Waals surface area contributed by atoms with Gasteiger partial charge in [-0.25, -0.2) is 19.5 Å². The molecule has 6 rings (SSSR count). The van der Waals surface area contributed by atoms with Crippen LogP contribution in [0.2, 0.25) is 0 Å². The molecule has 178 valence electrons. The van der Waals surface area contributed by atoms with Gasteiger partial charge < -0.3 is 14.5 Å². The van der Waals surface area contributed by atoms with E-state index in [-0.39, 0.29) is 35.4 Å². The summed E-state index contributed by atoms with van der Waals surface area (Å²) in [6.45, 7) is 0.201. The number of pyridine rings is 1. The van der Waals surface area contributed by atoms with Gasteiger partial charge in [-0.3, -0.25) is 14.9 Å². The molecule has 2 aromatic carbocycles. The van der Waals surface area contributed by atoms with Crippen molar-refractivity contribution in [2.24, 2.45) is 0 Å². The number of piperazine rings is 1. The van der Waals surface area contributed by atoms with Gasteiger partial charge in [-0.15, -0.1) is 0 Å². The van der Waals surface area contributed by atoms with Gasteiger partial charge in [-0.2, -0.15) is 5.26 Å². The van der Waals surface area contributed by atoms with E-state index in [0.29, 0.717) is 17.2 Å². The van der Waals surface area contributed by atoms with E-state index in [9.17, 15) is 29.8 Å². The van der Waals surface area contributed by atoms with Crippen molar-refractivity contribution in [3.05, 3.63) is 70.5 Å². The number of fused-ring (bicyclic) bond motifs is 6. The summed E-state index contributed by atoms with van der Waals surface area (Å²) in [5.74, 6) is -0.340. The lowest BCUT2D eigenvalue weighted by Crippen LogP contribution is -2.55. The minimum Gasteiger partial charge on any atom is -0.410 e. The number of nitro groups is 1. The predicted octanol–water partition coefficient (Wildman–Crippen LogP) is 2.81. The van der Waals surface area contributed by atoms with Crippen LogP contribution in [0.5, 0.6) is 5.75 Å². The van der Waals surface area contributed by atoms with Gasteiger partial charge in [0.15, 0.2) is 0 Å². The van der Waals surface area contributed by atoms with Gasteiger partial charge in [0.1, 0.15) is 23.6 Å². The number of nitriles is 1. The molecule has 36 heavy (non-hydrogen) atoms. The van der Waals surface area contributed by atoms with E-state index in [2.05, 4.69) is 4.98 Å². The van der Waals surface area contributed by atoms with Gasteiger partial charge >= 0.3 is 12.1 Å². The highest BCUT2D eigenvalue weighted by Crippen LogP contribution is 2.43. The summed E-state index contributed by atoms with van der Waals surface area (Å²) < 4.78 is 5.39. The number of nitrogens with zero attached hydrogens (tertiary/aromatic N) is 6. The summed E-state index contributed by atoms with van der Waals surface area (Å²) in [5.41, 5.74) is 0.341. The number of amides is 4. The first-order chi connectivity index (χ1) is 17.4. The van der Waals surface area contributed by atoms with Gasteiger partial charge in [-0.1, -0.05) is 24.3 Å². The monoisotopic (exact) mass is 484 g/mol. The van der Waals surface area contributed by atoms with Crippen LogP contribution < -0.4 is 9.64 Å². The lowest BCUT2D eigenvalue weighted by molar-refractivity contribution is -0.384. The number of non-ortho nitro benzene ring substituents is 1. The first kappa shape index (κ1) is 21.5. The van der Waals surface area contributed by atoms with Gasteiger partial charge in [0, 0.05) is 29.4 Å². The van der Waals surface area contributed by atoms with Crippen molar-refractivity contribution in [1.82, 2.24) is 14.8 Å². The summed E-state index contributed by atoms with van der Waals surface area (Å²) >= 11 is 0. The number of carbonyl (C=O) groups is 3. The second kappa shape index (κ2) is 7.74. The molecule has 0 saturated carbocycles. The highest BCUT2D eigenvalue weighted by Gasteiger charge is 2.63. The fourth-order valence-corrected chi connectivity index (χ4v) is 5.33. The van der Waals surface area contributed by atoms with Crippen LogP contribution in [-0.4, -0.2) is 62.4 Å². The number of ether oxygens (including phenoxy) is 1. The van der Waals surface area contributed by atoms with Crippen LogP contribution in [0.15, 0.2) is 54.7 Å². The Hall–Kier alpha value is -5.05. The molecule has 0 N–H and O–H groups in total. The van der Waals surface area contributed by atoms with Crippen molar-refractivity contribution in [3.8, 4) is 11.8 Å². The number of anilines is 1. The average Bonchev–Trinajstić information content (AvgIpc) is 3.55. The molecule has 4 heterocycles. The van der Waals surface area contributed by atoms with Crippen LogP contribution >= 0.6 is 0 Å². The first-order valence-electron chi connectivity index (χ1n) is 11.1. The highest BCUT2D eigenvalue weighted by atomic mass is 16.6. The van der Waals surface area contributed by atoms with Crippen molar-refractivity contribution in [3.63, 3.8) is 0 Å². The number of aromatic nitrogens is 1. The van der Waals surface area contributed by atoms with E-state index >= 15 is 0 Å². The third-order valence-corrected chi connectivity index (χ3v) is 6.87. The van der Waals surface area contributed by atoms with Crippen molar-refractivity contribution in [1.29, 1.82) is 5.26 Å². The average molecular weight is 484 g/mol. The third kappa shape index (κ3) is 2.99. The Bertz CT molecular complexity index is 1520. The van der Waals surface area contributed by atoms with E-state index in [1.54, 1.807) is 24.3 Å². The largest absolute Gasteiger partial charge is 0.415 e. The van der Waals surface area contributed by atoms with Gasteiger partial charge in [0.2, 0.25) is 0 Å². The van der Waals surface area contributed by atoms with Gasteiger partial charge in [-0.05, 0) is 18.6 Å². The first-order valence-corrected chi connectivity index (χ1v) is 11.1. The van der Waals surface area contributed by atoms with Crippen LogP contribution in [0, 0.1) is 21.4 Å². The second-order valence-electron chi connectivity index (χ2n) is 8.69. The van der Waals surface area contributed by atoms with Crippen LogP contribution in [0.4, 0.5) is 21.0 Å². The standard InChI is InChI=1S/C24H16N6O6/c25-10-18-16-3-1-2-4-17(16)20(11-26-18)29-22(31)21-19-9-14(28(21)23(29)32)12-27(19)24(33)36-15-7-5-13(6-8-15)30(34)35/h1-8,11,14,19,21H,9,12H2/t14?,19?,21-/m1/s1. The quantitative estimate of drug-likeness (QED) is 0.313. The van der Waals surface area contributed by atoms with Gasteiger partial charge in [0.25, 0.3) is 11.6 Å². The molecule has 12 nitrogen and oxygen atoms in total. The van der Waals surface area contributed by atoms with Crippen molar-refractivity contribution in [2.45, 2.75) is 24.5 Å². The molecule has 3 aromatic rings. The summed E-state index contributed by atoms with van der Waals surface area (Å²) in [5, 5.41) is 21.3. The maximum absolute atomic E-state index is 13.5. The number of hydrogen-bond donors (Lipinski definition) is 0. The Labute approximate surface area is 203 Å². The molecule has 12 heteroatoms. The number of urea groups is 1. The number of carbonyl (C=O) groups excluding carboxylic acids is 3. The molecule has 2 bridgehead atoms. The fraction of sp³-hybridized carbons (Fsp3) is 0.208. The molecular weight excluding hydrogens is 468 g/mol. The van der Waals surface area contributed by atoms with Crippen LogP contribution in [0.3, 0.4) is 0 Å². The number of benzene rings is 2. The second-order valence-corrected chi connectivity index (χ2v) is 8.69. The number of nitro benzene ring substituents is 1. The summed E-state index contributed by atoms with van der Waals surface area (Å²) in [6, 6.07) is 11.8. The Morgan fingerprint density at radius 1 is 1.14 bits per heavy atom. The Balaban J connectivity index is 1.27. The zero-order chi connectivity index (χ0) is 25.1. The lowest BCUT2D eigenvalue weighted by Gasteiger charge is -2.34. The molecule has 2 unspecified atom stereocenters. The third-order valence-electron chi connectivity index (χ3n) is 6.87. The topological polar surface area (TPSA) is 150 Å². The zero-order valence-corrected chi connectivity index (χ0v) is 18.5. The molecular formula is C24H16N6O6. The Kier molecular flexibility index (Phi) is 4.62. The van der Waals surface area contributed by atoms with E-state index in [0.717, 1.165) is 4.90 Å². The molecule has 1 aromatic heterocycles. The highest BCUT2D eigenvalue weighted by molar-refractivity contribution is 6.25. The Morgan fingerprint density at radius 2 is 1.86 bits per heavy atom. The Morgan fingerprint density at radius 3 is 2.56 bits per heavy atom. The van der Waals surface area contributed by atoms with Gasteiger partial charge in [0.05, 0.1) is 28.9 Å². The number of rotatable bonds is 3. The number of imide groups is 1. The fourth-order valence-electron chi connectivity index (χ4n) is 5.33. The van der Waals surface area contributed by atoms with E-state index in [4.69, 9.17) is 4.74 Å². The SMILES string of the molecule is N#Cc1ncc(N2C(=O)[C@H]3C4CC(CN4C(=O)Oc4ccc([N+](=O)[O-])cc4)N3C2=O)c2ccccc12. The van der Waals surface area contributed by atoms with Crippen molar-refractivity contribution < 1.29 is 24.0 Å². The molecule has 4 amide bonds. The number of hydrogen-bond acceptors (Lipinski definition) is 8. The van der Waals surface area contributed by atoms with Crippen LogP contribution in [0.25, 0.3) is 10.8 Å². The van der Waals surface area contributed by atoms with Crippen molar-refractivity contribution in [2.75, 3.05) is 11.4 Å². The molecule has 0 spiro atoms. The smallest absolute Gasteiger partial charge is 0.410 e.